The highest BCUT2D eigenvalue weighted by molar-refractivity contribution is 5.95. The zero-order valence-electron chi connectivity index (χ0n) is 10.9. The van der Waals surface area contributed by atoms with E-state index in [4.69, 9.17) is 0 Å². The van der Waals surface area contributed by atoms with Crippen molar-refractivity contribution in [2.75, 3.05) is 6.54 Å². The van der Waals surface area contributed by atoms with Gasteiger partial charge in [-0.05, 0) is 25.7 Å². The molecule has 1 saturated carbocycles. The summed E-state index contributed by atoms with van der Waals surface area (Å²) in [5.74, 6) is 0.963. The minimum Gasteiger partial charge on any atom is -0.345 e. The van der Waals surface area contributed by atoms with Gasteiger partial charge < -0.3 is 10.2 Å². The highest BCUT2D eigenvalue weighted by atomic mass is 16.2. The first-order valence-corrected chi connectivity index (χ1v) is 6.64. The van der Waals surface area contributed by atoms with Gasteiger partial charge in [0.2, 0.25) is 11.8 Å². The van der Waals surface area contributed by atoms with Gasteiger partial charge in [0.05, 0.1) is 13.1 Å². The van der Waals surface area contributed by atoms with Crippen LogP contribution in [0.3, 0.4) is 0 Å². The lowest BCUT2D eigenvalue weighted by Gasteiger charge is -2.34. The number of nitrogens with zero attached hydrogens (tertiary/aromatic N) is 4. The van der Waals surface area contributed by atoms with Gasteiger partial charge in [-0.2, -0.15) is 5.10 Å². The van der Waals surface area contributed by atoms with E-state index in [1.54, 1.807) is 9.58 Å². The molecule has 2 amide bonds. The van der Waals surface area contributed by atoms with Crippen LogP contribution < -0.4 is 5.32 Å². The van der Waals surface area contributed by atoms with E-state index in [2.05, 4.69) is 15.4 Å². The second kappa shape index (κ2) is 4.64. The van der Waals surface area contributed by atoms with Gasteiger partial charge in [0.25, 0.3) is 0 Å². The van der Waals surface area contributed by atoms with E-state index in [1.165, 1.54) is 6.33 Å². The van der Waals surface area contributed by atoms with E-state index in [-0.39, 0.29) is 24.4 Å². The lowest BCUT2D eigenvalue weighted by atomic mass is 10.1. The monoisotopic (exact) mass is 263 g/mol. The molecule has 0 spiro atoms. The summed E-state index contributed by atoms with van der Waals surface area (Å²) in [7, 11) is 0. The van der Waals surface area contributed by atoms with Crippen molar-refractivity contribution in [1.82, 2.24) is 25.0 Å². The molecule has 1 N–H and O–H groups in total. The molecule has 1 saturated heterocycles. The molecule has 1 aromatic rings. The quantitative estimate of drug-likeness (QED) is 0.796. The maximum atomic E-state index is 12.1. The van der Waals surface area contributed by atoms with E-state index in [9.17, 15) is 9.59 Å². The summed E-state index contributed by atoms with van der Waals surface area (Å²) in [6.07, 6.45) is 3.52. The van der Waals surface area contributed by atoms with E-state index in [1.807, 2.05) is 6.92 Å². The summed E-state index contributed by atoms with van der Waals surface area (Å²) >= 11 is 0. The van der Waals surface area contributed by atoms with Crippen LogP contribution in [-0.2, 0) is 22.7 Å². The molecule has 1 unspecified atom stereocenters. The molecule has 2 aliphatic rings. The summed E-state index contributed by atoms with van der Waals surface area (Å²) in [5, 5.41) is 6.77. The zero-order chi connectivity index (χ0) is 13.4. The van der Waals surface area contributed by atoms with Crippen LogP contribution in [0, 0.1) is 5.92 Å². The third-order valence-electron chi connectivity index (χ3n) is 3.71. The normalized spacial score (nSPS) is 23.6. The van der Waals surface area contributed by atoms with Gasteiger partial charge in [-0.25, -0.2) is 9.67 Å². The van der Waals surface area contributed by atoms with Crippen LogP contribution in [0.5, 0.6) is 0 Å². The smallest absolute Gasteiger partial charge is 0.243 e. The number of amides is 2. The summed E-state index contributed by atoms with van der Waals surface area (Å²) in [6, 6.07) is -0.330. The van der Waals surface area contributed by atoms with Crippen molar-refractivity contribution in [2.45, 2.75) is 38.9 Å². The molecule has 1 aliphatic carbocycles. The second-order valence-corrected chi connectivity index (χ2v) is 5.01. The van der Waals surface area contributed by atoms with Gasteiger partial charge in [0, 0.05) is 6.54 Å². The molecule has 0 bridgehead atoms. The molecule has 19 heavy (non-hydrogen) atoms. The number of carbonyl (C=O) groups excluding carboxylic acids is 2. The highest BCUT2D eigenvalue weighted by Gasteiger charge is 2.44. The molecule has 1 atom stereocenters. The van der Waals surface area contributed by atoms with Crippen LogP contribution in [0.1, 0.15) is 25.6 Å². The van der Waals surface area contributed by atoms with Gasteiger partial charge in [0.15, 0.2) is 0 Å². The van der Waals surface area contributed by atoms with Gasteiger partial charge in [-0.3, -0.25) is 9.59 Å². The Bertz CT molecular complexity index is 508. The first kappa shape index (κ1) is 12.1. The Morgan fingerprint density at radius 2 is 2.21 bits per heavy atom. The Morgan fingerprint density at radius 1 is 1.42 bits per heavy atom. The number of carbonyl (C=O) groups is 2. The van der Waals surface area contributed by atoms with Gasteiger partial charge in [-0.15, -0.1) is 0 Å². The third-order valence-corrected chi connectivity index (χ3v) is 3.71. The van der Waals surface area contributed by atoms with Crippen LogP contribution in [0.4, 0.5) is 0 Å². The standard InChI is InChI=1S/C12H17N5O2/c1-2-17-9(14-7-15-17)6-16-10(18)5-13-12(19)11(16)8-3-4-8/h7-8,11H,2-6H2,1H3,(H,13,19). The molecular formula is C12H17N5O2. The Morgan fingerprint density at radius 3 is 2.89 bits per heavy atom. The van der Waals surface area contributed by atoms with Crippen molar-refractivity contribution in [1.29, 1.82) is 0 Å². The van der Waals surface area contributed by atoms with Gasteiger partial charge >= 0.3 is 0 Å². The predicted molar refractivity (Wildman–Crippen MR) is 65.8 cm³/mol. The minimum absolute atomic E-state index is 0.0373. The first-order chi connectivity index (χ1) is 9.20. The van der Waals surface area contributed by atoms with Crippen molar-refractivity contribution >= 4 is 11.8 Å². The van der Waals surface area contributed by atoms with Crippen LogP contribution in [0.2, 0.25) is 0 Å². The first-order valence-electron chi connectivity index (χ1n) is 6.64. The number of hydrogen-bond donors (Lipinski definition) is 1. The van der Waals surface area contributed by atoms with E-state index in [0.717, 1.165) is 18.7 Å². The van der Waals surface area contributed by atoms with Crippen molar-refractivity contribution in [3.63, 3.8) is 0 Å². The molecule has 3 rings (SSSR count). The lowest BCUT2D eigenvalue weighted by Crippen LogP contribution is -2.59. The molecular weight excluding hydrogens is 246 g/mol. The van der Waals surface area contributed by atoms with Gasteiger partial charge in [0.1, 0.15) is 18.2 Å². The Labute approximate surface area is 111 Å². The minimum atomic E-state index is -0.330. The Hall–Kier alpha value is -1.92. The largest absolute Gasteiger partial charge is 0.345 e. The van der Waals surface area contributed by atoms with Crippen LogP contribution in [-0.4, -0.2) is 44.1 Å². The molecule has 2 fully saturated rings. The van der Waals surface area contributed by atoms with E-state index >= 15 is 0 Å². The molecule has 0 aromatic carbocycles. The third kappa shape index (κ3) is 2.20. The number of rotatable bonds is 4. The van der Waals surface area contributed by atoms with Crippen molar-refractivity contribution < 1.29 is 9.59 Å². The van der Waals surface area contributed by atoms with Crippen molar-refractivity contribution in [3.8, 4) is 0 Å². The molecule has 2 heterocycles. The van der Waals surface area contributed by atoms with Crippen molar-refractivity contribution in [2.24, 2.45) is 5.92 Å². The fraction of sp³-hybridized carbons (Fsp3) is 0.667. The summed E-state index contributed by atoms with van der Waals surface area (Å²) < 4.78 is 1.75. The van der Waals surface area contributed by atoms with Gasteiger partial charge in [-0.1, -0.05) is 0 Å². The van der Waals surface area contributed by atoms with E-state index in [0.29, 0.717) is 19.0 Å². The summed E-state index contributed by atoms with van der Waals surface area (Å²) in [6.45, 7) is 3.13. The van der Waals surface area contributed by atoms with Crippen LogP contribution in [0.15, 0.2) is 6.33 Å². The average Bonchev–Trinajstić information content (AvgIpc) is 3.13. The lowest BCUT2D eigenvalue weighted by molar-refractivity contribution is -0.147. The molecule has 1 aliphatic heterocycles. The highest BCUT2D eigenvalue weighted by Crippen LogP contribution is 2.36. The van der Waals surface area contributed by atoms with Crippen molar-refractivity contribution in [3.05, 3.63) is 12.2 Å². The predicted octanol–water partition coefficient (Wildman–Crippen LogP) is -0.465. The molecule has 102 valence electrons. The number of aryl methyl sites for hydroxylation is 1. The second-order valence-electron chi connectivity index (χ2n) is 5.01. The molecule has 1 aromatic heterocycles. The number of nitrogens with one attached hydrogen (secondary N) is 1. The maximum Gasteiger partial charge on any atom is 0.243 e. The number of piperazine rings is 1. The fourth-order valence-electron chi connectivity index (χ4n) is 2.56. The summed E-state index contributed by atoms with van der Waals surface area (Å²) in [5.41, 5.74) is 0. The van der Waals surface area contributed by atoms with Crippen LogP contribution in [0.25, 0.3) is 0 Å². The fourth-order valence-corrected chi connectivity index (χ4v) is 2.56. The maximum absolute atomic E-state index is 12.1. The number of aromatic nitrogens is 3. The Balaban J connectivity index is 1.83. The molecule has 7 nitrogen and oxygen atoms in total. The zero-order valence-corrected chi connectivity index (χ0v) is 10.9. The summed E-state index contributed by atoms with van der Waals surface area (Å²) in [4.78, 5) is 29.9. The molecule has 0 radical (unpaired) electrons. The SMILES string of the molecule is CCn1ncnc1CN1C(=O)CNC(=O)C1C1CC1. The number of hydrogen-bond acceptors (Lipinski definition) is 4. The average molecular weight is 263 g/mol. The molecule has 7 heteroatoms. The van der Waals surface area contributed by atoms with Crippen LogP contribution >= 0.6 is 0 Å². The van der Waals surface area contributed by atoms with E-state index < -0.39 is 0 Å². The Kier molecular flexibility index (Phi) is 2.96. The topological polar surface area (TPSA) is 80.1 Å².